The molecule has 2 saturated heterocycles. The minimum Gasteiger partial charge on any atom is -0.497 e. The number of ether oxygens (including phenoxy) is 1. The Balaban J connectivity index is 1.45. The van der Waals surface area contributed by atoms with Crippen LogP contribution in [0.5, 0.6) is 5.75 Å². The van der Waals surface area contributed by atoms with Crippen molar-refractivity contribution in [2.45, 2.75) is 19.3 Å². The predicted molar refractivity (Wildman–Crippen MR) is 121 cm³/mol. The van der Waals surface area contributed by atoms with Crippen molar-refractivity contribution in [2.75, 3.05) is 40.3 Å². The molecular weight excluding hydrogens is 423 g/mol. The third-order valence-electron chi connectivity index (χ3n) is 7.02. The Kier molecular flexibility index (Phi) is 5.40. The Labute approximate surface area is 192 Å². The summed E-state index contributed by atoms with van der Waals surface area (Å²) in [6.45, 7) is 4.90. The maximum Gasteiger partial charge on any atom is 0.254 e. The van der Waals surface area contributed by atoms with E-state index in [0.717, 1.165) is 30.8 Å². The van der Waals surface area contributed by atoms with Gasteiger partial charge in [-0.3, -0.25) is 4.79 Å². The van der Waals surface area contributed by atoms with E-state index >= 15 is 0 Å². The van der Waals surface area contributed by atoms with Crippen LogP contribution >= 0.6 is 0 Å². The molecule has 1 amide bonds. The second-order valence-corrected chi connectivity index (χ2v) is 9.23. The minimum absolute atomic E-state index is 0.00449. The summed E-state index contributed by atoms with van der Waals surface area (Å²) in [5, 5.41) is 4.16. The molecule has 5 rings (SSSR count). The summed E-state index contributed by atoms with van der Waals surface area (Å²) in [5.74, 6) is 1.33. The number of methoxy groups -OCH3 is 1. The summed E-state index contributed by atoms with van der Waals surface area (Å²) in [6, 6.07) is 11.6. The monoisotopic (exact) mass is 450 g/mol. The van der Waals surface area contributed by atoms with E-state index in [2.05, 4.69) is 22.1 Å². The Morgan fingerprint density at radius 1 is 1.21 bits per heavy atom. The van der Waals surface area contributed by atoms with E-state index in [4.69, 9.17) is 9.26 Å². The van der Waals surface area contributed by atoms with Gasteiger partial charge in [0.1, 0.15) is 11.6 Å². The summed E-state index contributed by atoms with van der Waals surface area (Å²) >= 11 is 0. The number of amides is 1. The standard InChI is InChI=1S/C25H27FN4O3/c1-16-12-19(32-3)8-9-20(16)24(31)30-13-21(25(15-30)10-11-29(2)14-25)23-27-22(28-33-23)17-4-6-18(26)7-5-17/h4-9,12,21H,10-11,13-15H2,1-3H3/t21-,25-/m0/s1. The predicted octanol–water partition coefficient (Wildman–Crippen LogP) is 3.75. The van der Waals surface area contributed by atoms with E-state index in [-0.39, 0.29) is 23.1 Å². The number of rotatable bonds is 4. The fourth-order valence-corrected chi connectivity index (χ4v) is 5.25. The molecule has 3 aromatic rings. The van der Waals surface area contributed by atoms with Crippen molar-refractivity contribution in [1.82, 2.24) is 19.9 Å². The Bertz CT molecular complexity index is 1180. The molecule has 2 aromatic carbocycles. The van der Waals surface area contributed by atoms with Crippen LogP contribution in [0.4, 0.5) is 4.39 Å². The van der Waals surface area contributed by atoms with Gasteiger partial charge in [0.05, 0.1) is 13.0 Å². The smallest absolute Gasteiger partial charge is 0.254 e. The minimum atomic E-state index is -0.311. The normalized spacial score (nSPS) is 22.9. The number of likely N-dealkylation sites (tertiary alicyclic amines) is 2. The molecule has 3 heterocycles. The molecule has 2 atom stereocenters. The lowest BCUT2D eigenvalue weighted by Crippen LogP contribution is -2.34. The molecule has 1 spiro atoms. The van der Waals surface area contributed by atoms with Gasteiger partial charge in [-0.25, -0.2) is 4.39 Å². The number of hydrogen-bond acceptors (Lipinski definition) is 6. The molecule has 0 unspecified atom stereocenters. The number of aromatic nitrogens is 2. The highest BCUT2D eigenvalue weighted by Gasteiger charge is 2.53. The van der Waals surface area contributed by atoms with Crippen LogP contribution in [0, 0.1) is 18.2 Å². The van der Waals surface area contributed by atoms with Crippen molar-refractivity contribution in [2.24, 2.45) is 5.41 Å². The molecule has 0 aliphatic carbocycles. The topological polar surface area (TPSA) is 71.7 Å². The molecule has 0 bridgehead atoms. The van der Waals surface area contributed by atoms with Crippen molar-refractivity contribution in [3.8, 4) is 17.1 Å². The van der Waals surface area contributed by atoms with E-state index in [1.54, 1.807) is 19.2 Å². The summed E-state index contributed by atoms with van der Waals surface area (Å²) in [6.07, 6.45) is 0.952. The second kappa shape index (κ2) is 8.26. The van der Waals surface area contributed by atoms with Crippen LogP contribution < -0.4 is 4.74 Å². The van der Waals surface area contributed by atoms with Gasteiger partial charge < -0.3 is 19.1 Å². The van der Waals surface area contributed by atoms with E-state index in [9.17, 15) is 9.18 Å². The molecule has 172 valence electrons. The van der Waals surface area contributed by atoms with Gasteiger partial charge in [-0.15, -0.1) is 0 Å². The molecule has 0 radical (unpaired) electrons. The largest absolute Gasteiger partial charge is 0.497 e. The molecule has 7 nitrogen and oxygen atoms in total. The quantitative estimate of drug-likeness (QED) is 0.603. The van der Waals surface area contributed by atoms with Crippen LogP contribution in [0.25, 0.3) is 11.4 Å². The number of carbonyl (C=O) groups excluding carboxylic acids is 1. The SMILES string of the molecule is COc1ccc(C(=O)N2C[C@@H](c3nc(-c4ccc(F)cc4)no3)[C@]3(CCN(C)C3)C2)c(C)c1. The molecular formula is C25H27FN4O3. The molecule has 2 fully saturated rings. The number of carbonyl (C=O) groups is 1. The van der Waals surface area contributed by atoms with E-state index in [1.807, 2.05) is 30.0 Å². The lowest BCUT2D eigenvalue weighted by atomic mass is 9.77. The third kappa shape index (κ3) is 3.88. The first-order valence-corrected chi connectivity index (χ1v) is 11.1. The summed E-state index contributed by atoms with van der Waals surface area (Å²) in [5.41, 5.74) is 2.12. The van der Waals surface area contributed by atoms with Gasteiger partial charge in [-0.2, -0.15) is 4.98 Å². The van der Waals surface area contributed by atoms with Crippen LogP contribution in [0.3, 0.4) is 0 Å². The van der Waals surface area contributed by atoms with Gasteiger partial charge in [-0.1, -0.05) is 5.16 Å². The van der Waals surface area contributed by atoms with E-state index in [0.29, 0.717) is 35.9 Å². The van der Waals surface area contributed by atoms with Gasteiger partial charge in [-0.05, 0) is 75.0 Å². The molecule has 1 aromatic heterocycles. The van der Waals surface area contributed by atoms with Crippen molar-refractivity contribution in [3.05, 3.63) is 65.3 Å². The first-order valence-electron chi connectivity index (χ1n) is 11.1. The van der Waals surface area contributed by atoms with Crippen LogP contribution in [-0.2, 0) is 0 Å². The van der Waals surface area contributed by atoms with Crippen LogP contribution in [-0.4, -0.2) is 66.2 Å². The number of hydrogen-bond donors (Lipinski definition) is 0. The van der Waals surface area contributed by atoms with Crippen molar-refractivity contribution < 1.29 is 18.4 Å². The fourth-order valence-electron chi connectivity index (χ4n) is 5.25. The van der Waals surface area contributed by atoms with Gasteiger partial charge in [0.2, 0.25) is 11.7 Å². The summed E-state index contributed by atoms with van der Waals surface area (Å²) in [7, 11) is 3.72. The average Bonchev–Trinajstić information content (AvgIpc) is 3.53. The first kappa shape index (κ1) is 21.6. The molecule has 0 N–H and O–H groups in total. The average molecular weight is 451 g/mol. The molecule has 33 heavy (non-hydrogen) atoms. The zero-order valence-corrected chi connectivity index (χ0v) is 19.0. The van der Waals surface area contributed by atoms with Crippen molar-refractivity contribution in [1.29, 1.82) is 0 Å². The fraction of sp³-hybridized carbons (Fsp3) is 0.400. The highest BCUT2D eigenvalue weighted by atomic mass is 19.1. The Morgan fingerprint density at radius 3 is 2.67 bits per heavy atom. The van der Waals surface area contributed by atoms with Crippen LogP contribution in [0.2, 0.25) is 0 Å². The Morgan fingerprint density at radius 2 is 2.00 bits per heavy atom. The lowest BCUT2D eigenvalue weighted by molar-refractivity contribution is 0.0773. The zero-order valence-electron chi connectivity index (χ0n) is 19.0. The van der Waals surface area contributed by atoms with Gasteiger partial charge >= 0.3 is 0 Å². The number of aryl methyl sites for hydroxylation is 1. The molecule has 2 aliphatic rings. The highest BCUT2D eigenvalue weighted by Crippen LogP contribution is 2.49. The van der Waals surface area contributed by atoms with Crippen LogP contribution in [0.1, 0.15) is 34.2 Å². The highest BCUT2D eigenvalue weighted by molar-refractivity contribution is 5.96. The Hall–Kier alpha value is -3.26. The zero-order chi connectivity index (χ0) is 23.2. The summed E-state index contributed by atoms with van der Waals surface area (Å²) in [4.78, 5) is 22.4. The van der Waals surface area contributed by atoms with Gasteiger partial charge in [0, 0.05) is 36.2 Å². The van der Waals surface area contributed by atoms with E-state index < -0.39 is 0 Å². The van der Waals surface area contributed by atoms with Crippen molar-refractivity contribution >= 4 is 5.91 Å². The molecule has 0 saturated carbocycles. The van der Waals surface area contributed by atoms with E-state index in [1.165, 1.54) is 12.1 Å². The van der Waals surface area contributed by atoms with Gasteiger partial charge in [0.25, 0.3) is 5.91 Å². The molecule has 2 aliphatic heterocycles. The number of nitrogens with zero attached hydrogens (tertiary/aromatic N) is 4. The maximum absolute atomic E-state index is 13.5. The third-order valence-corrected chi connectivity index (χ3v) is 7.02. The lowest BCUT2D eigenvalue weighted by Gasteiger charge is -2.27. The summed E-state index contributed by atoms with van der Waals surface area (Å²) < 4.78 is 24.3. The number of halogens is 1. The first-order chi connectivity index (χ1) is 15.9. The second-order valence-electron chi connectivity index (χ2n) is 9.23. The van der Waals surface area contributed by atoms with Crippen LogP contribution in [0.15, 0.2) is 47.0 Å². The van der Waals surface area contributed by atoms with Gasteiger partial charge in [0.15, 0.2) is 0 Å². The molecule has 8 heteroatoms. The van der Waals surface area contributed by atoms with Crippen molar-refractivity contribution in [3.63, 3.8) is 0 Å². The maximum atomic E-state index is 13.5. The number of benzene rings is 2.